The third-order valence-corrected chi connectivity index (χ3v) is 6.27. The number of aliphatic imine (C=N–C) groups is 1. The second kappa shape index (κ2) is 10.1. The molecule has 2 aliphatic rings. The number of nitrogens with zero attached hydrogens (tertiary/aromatic N) is 4. The molecule has 2 fully saturated rings. The Labute approximate surface area is 194 Å². The number of likely N-dealkylation sites (tertiary alicyclic amines) is 1. The van der Waals surface area contributed by atoms with Gasteiger partial charge in [-0.1, -0.05) is 48.2 Å². The van der Waals surface area contributed by atoms with E-state index in [9.17, 15) is 0 Å². The van der Waals surface area contributed by atoms with Crippen molar-refractivity contribution in [3.8, 4) is 11.4 Å². The molecule has 29 heavy (non-hydrogen) atoms. The molecule has 2 aromatic rings. The molecule has 2 heterocycles. The molecule has 6 nitrogen and oxygen atoms in total. The van der Waals surface area contributed by atoms with Gasteiger partial charge in [-0.25, -0.2) is 0 Å². The van der Waals surface area contributed by atoms with Crippen LogP contribution in [0, 0.1) is 5.41 Å². The fourth-order valence-electron chi connectivity index (χ4n) is 4.54. The number of hydrogen-bond acceptors (Lipinski definition) is 4. The monoisotopic (exact) mass is 529 g/mol. The van der Waals surface area contributed by atoms with Gasteiger partial charge in [0.25, 0.3) is 0 Å². The van der Waals surface area contributed by atoms with Crippen LogP contribution in [0.15, 0.2) is 33.8 Å². The molecule has 1 saturated carbocycles. The zero-order valence-electron chi connectivity index (χ0n) is 16.9. The van der Waals surface area contributed by atoms with Crippen molar-refractivity contribution in [3.05, 3.63) is 35.2 Å². The molecular weight excluding hydrogens is 501 g/mol. The summed E-state index contributed by atoms with van der Waals surface area (Å²) in [7, 11) is 1.86. The molecular formula is C21H29ClIN5O. The highest BCUT2D eigenvalue weighted by molar-refractivity contribution is 14.0. The van der Waals surface area contributed by atoms with E-state index in [0.29, 0.717) is 35.1 Å². The summed E-state index contributed by atoms with van der Waals surface area (Å²) >= 11 is 6.04. The summed E-state index contributed by atoms with van der Waals surface area (Å²) in [6, 6.07) is 7.48. The van der Waals surface area contributed by atoms with E-state index < -0.39 is 0 Å². The molecule has 0 unspecified atom stereocenters. The van der Waals surface area contributed by atoms with E-state index in [1.807, 2.05) is 31.3 Å². The topological polar surface area (TPSA) is 66.5 Å². The van der Waals surface area contributed by atoms with Gasteiger partial charge >= 0.3 is 0 Å². The van der Waals surface area contributed by atoms with Crippen molar-refractivity contribution in [1.29, 1.82) is 0 Å². The molecule has 4 rings (SSSR count). The maximum absolute atomic E-state index is 6.04. The Morgan fingerprint density at radius 1 is 1.28 bits per heavy atom. The predicted octanol–water partition coefficient (Wildman–Crippen LogP) is 4.78. The molecule has 158 valence electrons. The minimum atomic E-state index is 0. The third-order valence-electron chi connectivity index (χ3n) is 6.04. The first-order chi connectivity index (χ1) is 13.7. The van der Waals surface area contributed by atoms with Crippen molar-refractivity contribution in [2.45, 2.75) is 44.9 Å². The smallest absolute Gasteiger partial charge is 0.228 e. The third kappa shape index (κ3) is 5.42. The molecule has 0 amide bonds. The Kier molecular flexibility index (Phi) is 7.79. The van der Waals surface area contributed by atoms with Gasteiger partial charge in [0.1, 0.15) is 0 Å². The Bertz CT molecular complexity index is 834. The summed E-state index contributed by atoms with van der Waals surface area (Å²) in [5, 5.41) is 8.20. The normalized spacial score (nSPS) is 18.7. The average molecular weight is 530 g/mol. The van der Waals surface area contributed by atoms with Crippen molar-refractivity contribution in [2.75, 3.05) is 26.7 Å². The highest BCUT2D eigenvalue weighted by Gasteiger charge is 2.39. The van der Waals surface area contributed by atoms with Crippen LogP contribution in [-0.4, -0.2) is 47.7 Å². The molecule has 0 bridgehead atoms. The summed E-state index contributed by atoms with van der Waals surface area (Å²) < 4.78 is 5.39. The highest BCUT2D eigenvalue weighted by atomic mass is 127. The molecule has 8 heteroatoms. The number of benzene rings is 1. The average Bonchev–Trinajstić information content (AvgIpc) is 3.34. The van der Waals surface area contributed by atoms with Crippen LogP contribution < -0.4 is 5.32 Å². The predicted molar refractivity (Wildman–Crippen MR) is 127 cm³/mol. The molecule has 0 radical (unpaired) electrons. The second-order valence-corrected chi connectivity index (χ2v) is 8.41. The van der Waals surface area contributed by atoms with E-state index in [-0.39, 0.29) is 24.0 Å². The van der Waals surface area contributed by atoms with Crippen molar-refractivity contribution in [1.82, 2.24) is 20.4 Å². The fraction of sp³-hybridized carbons (Fsp3) is 0.571. The van der Waals surface area contributed by atoms with Gasteiger partial charge in [0.2, 0.25) is 11.7 Å². The van der Waals surface area contributed by atoms with E-state index in [0.717, 1.165) is 24.6 Å². The Balaban J connectivity index is 0.00000240. The Hall–Kier alpha value is -1.35. The van der Waals surface area contributed by atoms with E-state index in [2.05, 4.69) is 25.3 Å². The standard InChI is InChI=1S/C21H28ClN5O.HI/c1-23-20(27-13-11-21(15-27)9-3-2-4-10-21)24-12-8-18-25-19(26-28-18)16-6-5-7-17(22)14-16;/h5-7,14H,2-4,8-13,15H2,1H3,(H,23,24);1H. The molecule has 1 aromatic carbocycles. The Morgan fingerprint density at radius 2 is 2.10 bits per heavy atom. The molecule has 1 aliphatic carbocycles. The van der Waals surface area contributed by atoms with Crippen LogP contribution in [0.5, 0.6) is 0 Å². The van der Waals surface area contributed by atoms with Crippen LogP contribution in [0.4, 0.5) is 0 Å². The quantitative estimate of drug-likeness (QED) is 0.351. The molecule has 1 spiro atoms. The van der Waals surface area contributed by atoms with Gasteiger partial charge in [-0.05, 0) is 36.8 Å². The van der Waals surface area contributed by atoms with Gasteiger partial charge in [0.05, 0.1) is 0 Å². The summed E-state index contributed by atoms with van der Waals surface area (Å²) in [6.45, 7) is 2.94. The minimum Gasteiger partial charge on any atom is -0.356 e. The molecule has 1 aliphatic heterocycles. The van der Waals surface area contributed by atoms with Gasteiger partial charge in [-0.3, -0.25) is 4.99 Å². The number of guanidine groups is 1. The lowest BCUT2D eigenvalue weighted by Gasteiger charge is -2.33. The van der Waals surface area contributed by atoms with Gasteiger partial charge in [-0.15, -0.1) is 24.0 Å². The summed E-state index contributed by atoms with van der Waals surface area (Å²) in [5.41, 5.74) is 1.38. The van der Waals surface area contributed by atoms with Crippen LogP contribution in [0.1, 0.15) is 44.4 Å². The van der Waals surface area contributed by atoms with E-state index >= 15 is 0 Å². The first-order valence-corrected chi connectivity index (χ1v) is 10.6. The van der Waals surface area contributed by atoms with Crippen LogP contribution in [0.25, 0.3) is 11.4 Å². The zero-order valence-corrected chi connectivity index (χ0v) is 20.0. The summed E-state index contributed by atoms with van der Waals surface area (Å²) in [4.78, 5) is 11.4. The van der Waals surface area contributed by atoms with Crippen LogP contribution >= 0.6 is 35.6 Å². The van der Waals surface area contributed by atoms with Gasteiger partial charge in [0, 0.05) is 43.7 Å². The lowest BCUT2D eigenvalue weighted by molar-refractivity contribution is 0.203. The SMILES string of the molecule is CN=C(NCCc1nc(-c2cccc(Cl)c2)no1)N1CCC2(CCCCC2)C1.I. The molecule has 1 aromatic heterocycles. The fourth-order valence-corrected chi connectivity index (χ4v) is 4.73. The van der Waals surface area contributed by atoms with Gasteiger partial charge in [0.15, 0.2) is 5.96 Å². The van der Waals surface area contributed by atoms with Gasteiger partial charge in [-0.2, -0.15) is 4.98 Å². The van der Waals surface area contributed by atoms with E-state index in [1.54, 1.807) is 0 Å². The second-order valence-electron chi connectivity index (χ2n) is 7.98. The van der Waals surface area contributed by atoms with Gasteiger partial charge < -0.3 is 14.7 Å². The minimum absolute atomic E-state index is 0. The number of halogens is 2. The molecule has 0 atom stereocenters. The van der Waals surface area contributed by atoms with Crippen molar-refractivity contribution >= 4 is 41.5 Å². The Morgan fingerprint density at radius 3 is 2.86 bits per heavy atom. The number of hydrogen-bond donors (Lipinski definition) is 1. The lowest BCUT2D eigenvalue weighted by Crippen LogP contribution is -2.42. The molecule has 1 saturated heterocycles. The first kappa shape index (κ1) is 22.3. The van der Waals surface area contributed by atoms with Crippen LogP contribution in [0.2, 0.25) is 5.02 Å². The number of nitrogens with one attached hydrogen (secondary N) is 1. The maximum Gasteiger partial charge on any atom is 0.228 e. The maximum atomic E-state index is 6.04. The van der Waals surface area contributed by atoms with E-state index in [4.69, 9.17) is 16.1 Å². The van der Waals surface area contributed by atoms with Crippen LogP contribution in [-0.2, 0) is 6.42 Å². The number of aromatic nitrogens is 2. The van der Waals surface area contributed by atoms with Crippen molar-refractivity contribution in [2.24, 2.45) is 10.4 Å². The summed E-state index contributed by atoms with van der Waals surface area (Å²) in [6.07, 6.45) is 8.85. The van der Waals surface area contributed by atoms with Crippen molar-refractivity contribution in [3.63, 3.8) is 0 Å². The number of rotatable bonds is 4. The van der Waals surface area contributed by atoms with Crippen LogP contribution in [0.3, 0.4) is 0 Å². The molecule has 1 N–H and O–H groups in total. The highest BCUT2D eigenvalue weighted by Crippen LogP contribution is 2.43. The first-order valence-electron chi connectivity index (χ1n) is 10.2. The lowest BCUT2D eigenvalue weighted by atomic mass is 9.73. The van der Waals surface area contributed by atoms with E-state index in [1.165, 1.54) is 38.5 Å². The van der Waals surface area contributed by atoms with Crippen molar-refractivity contribution < 1.29 is 4.52 Å². The summed E-state index contributed by atoms with van der Waals surface area (Å²) in [5.74, 6) is 2.17. The largest absolute Gasteiger partial charge is 0.356 e. The zero-order chi connectivity index (χ0) is 19.4.